The number of fused-ring (bicyclic) bond motifs is 1. The molecule has 132 valence electrons. The Morgan fingerprint density at radius 1 is 1.15 bits per heavy atom. The van der Waals surface area contributed by atoms with Crippen LogP contribution < -0.4 is 15.2 Å². The lowest BCUT2D eigenvalue weighted by Gasteiger charge is -2.16. The van der Waals surface area contributed by atoms with Gasteiger partial charge in [-0.3, -0.25) is 10.1 Å². The number of hydrogen-bond acceptors (Lipinski definition) is 5. The number of pyridine rings is 1. The number of benzene rings is 1. The first-order valence-electron chi connectivity index (χ1n) is 8.63. The van der Waals surface area contributed by atoms with Crippen molar-refractivity contribution in [2.45, 2.75) is 19.8 Å². The van der Waals surface area contributed by atoms with Crippen molar-refractivity contribution in [3.8, 4) is 11.5 Å². The summed E-state index contributed by atoms with van der Waals surface area (Å²) in [6.45, 7) is 2.60. The van der Waals surface area contributed by atoms with Crippen LogP contribution in [0.1, 0.15) is 25.3 Å². The smallest absolute Gasteiger partial charge is 0.153 e. The SMILES string of the molecule is CCOc1cccc(OC2=CC=C(c3cncc4[nH]nc(N)c34)CC2)c1. The molecular formula is C20H20N4O2. The number of hydrogen-bond donors (Lipinski definition) is 2. The number of anilines is 1. The summed E-state index contributed by atoms with van der Waals surface area (Å²) in [5, 5.41) is 7.91. The molecule has 2 aromatic heterocycles. The Morgan fingerprint density at radius 2 is 2.04 bits per heavy atom. The largest absolute Gasteiger partial charge is 0.494 e. The molecule has 0 saturated carbocycles. The maximum Gasteiger partial charge on any atom is 0.153 e. The van der Waals surface area contributed by atoms with Crippen molar-refractivity contribution in [1.29, 1.82) is 0 Å². The highest BCUT2D eigenvalue weighted by Crippen LogP contribution is 2.33. The molecule has 0 atom stereocenters. The first-order valence-corrected chi connectivity index (χ1v) is 8.63. The highest BCUT2D eigenvalue weighted by atomic mass is 16.5. The van der Waals surface area contributed by atoms with Gasteiger partial charge in [0.15, 0.2) is 5.82 Å². The summed E-state index contributed by atoms with van der Waals surface area (Å²) in [7, 11) is 0. The van der Waals surface area contributed by atoms with Crippen LogP contribution in [-0.4, -0.2) is 21.8 Å². The van der Waals surface area contributed by atoms with Gasteiger partial charge in [-0.1, -0.05) is 12.1 Å². The van der Waals surface area contributed by atoms with Gasteiger partial charge in [-0.15, -0.1) is 0 Å². The molecule has 4 rings (SSSR count). The van der Waals surface area contributed by atoms with Gasteiger partial charge in [0.2, 0.25) is 0 Å². The summed E-state index contributed by atoms with van der Waals surface area (Å²) < 4.78 is 11.5. The van der Waals surface area contributed by atoms with Crippen molar-refractivity contribution >= 4 is 22.3 Å². The minimum Gasteiger partial charge on any atom is -0.494 e. The number of rotatable bonds is 5. The number of ether oxygens (including phenoxy) is 2. The molecule has 1 aromatic carbocycles. The summed E-state index contributed by atoms with van der Waals surface area (Å²) in [6, 6.07) is 7.69. The molecule has 0 aliphatic heterocycles. The zero-order valence-electron chi connectivity index (χ0n) is 14.5. The monoisotopic (exact) mass is 348 g/mol. The molecule has 0 saturated heterocycles. The summed E-state index contributed by atoms with van der Waals surface area (Å²) in [4.78, 5) is 4.28. The van der Waals surface area contributed by atoms with E-state index in [2.05, 4.69) is 21.3 Å². The molecule has 0 radical (unpaired) electrons. The van der Waals surface area contributed by atoms with Gasteiger partial charge in [0.05, 0.1) is 23.7 Å². The van der Waals surface area contributed by atoms with E-state index < -0.39 is 0 Å². The van der Waals surface area contributed by atoms with Crippen LogP contribution in [0, 0.1) is 0 Å². The lowest BCUT2D eigenvalue weighted by molar-refractivity contribution is 0.336. The average molecular weight is 348 g/mol. The van der Waals surface area contributed by atoms with Gasteiger partial charge < -0.3 is 15.2 Å². The van der Waals surface area contributed by atoms with Crippen molar-refractivity contribution in [2.24, 2.45) is 0 Å². The number of nitrogens with one attached hydrogen (secondary N) is 1. The quantitative estimate of drug-likeness (QED) is 0.725. The summed E-state index contributed by atoms with van der Waals surface area (Å²) in [6.07, 6.45) is 9.29. The number of nitrogens with zero attached hydrogens (tertiary/aromatic N) is 2. The third-order valence-electron chi connectivity index (χ3n) is 4.32. The van der Waals surface area contributed by atoms with Gasteiger partial charge in [0.25, 0.3) is 0 Å². The van der Waals surface area contributed by atoms with Crippen molar-refractivity contribution in [1.82, 2.24) is 15.2 Å². The number of allylic oxidation sites excluding steroid dienone is 4. The van der Waals surface area contributed by atoms with Crippen molar-refractivity contribution < 1.29 is 9.47 Å². The van der Waals surface area contributed by atoms with Gasteiger partial charge >= 0.3 is 0 Å². The molecule has 0 unspecified atom stereocenters. The van der Waals surface area contributed by atoms with E-state index in [1.165, 1.54) is 5.57 Å². The van der Waals surface area contributed by atoms with Crippen molar-refractivity contribution in [3.63, 3.8) is 0 Å². The van der Waals surface area contributed by atoms with E-state index in [1.807, 2.05) is 43.5 Å². The van der Waals surface area contributed by atoms with E-state index in [-0.39, 0.29) is 0 Å². The molecule has 0 amide bonds. The minimum absolute atomic E-state index is 0.497. The van der Waals surface area contributed by atoms with Gasteiger partial charge in [0, 0.05) is 24.2 Å². The van der Waals surface area contributed by atoms with Crippen molar-refractivity contribution in [3.05, 3.63) is 60.1 Å². The molecule has 0 fully saturated rings. The van der Waals surface area contributed by atoms with E-state index in [0.29, 0.717) is 12.4 Å². The Morgan fingerprint density at radius 3 is 2.85 bits per heavy atom. The third kappa shape index (κ3) is 3.13. The second-order valence-corrected chi connectivity index (χ2v) is 6.05. The zero-order valence-corrected chi connectivity index (χ0v) is 14.5. The normalized spacial score (nSPS) is 14.0. The summed E-state index contributed by atoms with van der Waals surface area (Å²) in [5.74, 6) is 3.01. The molecule has 2 heterocycles. The van der Waals surface area contributed by atoms with Crippen LogP contribution in [0.3, 0.4) is 0 Å². The molecule has 6 nitrogen and oxygen atoms in total. The minimum atomic E-state index is 0.497. The Bertz CT molecular complexity index is 1000. The maximum atomic E-state index is 6.00. The van der Waals surface area contributed by atoms with Crippen LogP contribution in [-0.2, 0) is 0 Å². The van der Waals surface area contributed by atoms with Gasteiger partial charge in [-0.2, -0.15) is 5.10 Å². The standard InChI is InChI=1S/C20H20N4O2/c1-2-25-15-4-3-5-16(10-15)26-14-8-6-13(7-9-14)17-11-22-12-18-19(17)20(21)24-23-18/h3-6,8,10-12H,2,7,9H2,1H3,(H3,21,23,24). The molecule has 26 heavy (non-hydrogen) atoms. The highest BCUT2D eigenvalue weighted by molar-refractivity contribution is 5.98. The van der Waals surface area contributed by atoms with E-state index in [4.69, 9.17) is 15.2 Å². The van der Waals surface area contributed by atoms with Gasteiger partial charge in [-0.05, 0) is 37.1 Å². The Kier molecular flexibility index (Phi) is 4.31. The second-order valence-electron chi connectivity index (χ2n) is 6.05. The topological polar surface area (TPSA) is 86.0 Å². The number of aromatic amines is 1. The molecule has 1 aliphatic carbocycles. The molecule has 3 N–H and O–H groups in total. The fourth-order valence-electron chi connectivity index (χ4n) is 3.11. The predicted octanol–water partition coefficient (Wildman–Crippen LogP) is 4.08. The number of nitrogen functional groups attached to an aromatic ring is 1. The first kappa shape index (κ1) is 16.2. The Hall–Kier alpha value is -3.28. The van der Waals surface area contributed by atoms with Crippen LogP contribution in [0.2, 0.25) is 0 Å². The summed E-state index contributed by atoms with van der Waals surface area (Å²) in [5.41, 5.74) is 9.04. The van der Waals surface area contributed by atoms with Crippen LogP contribution in [0.15, 0.2) is 54.6 Å². The van der Waals surface area contributed by atoms with E-state index in [0.717, 1.165) is 46.6 Å². The predicted molar refractivity (Wildman–Crippen MR) is 102 cm³/mol. The molecule has 0 spiro atoms. The fourth-order valence-corrected chi connectivity index (χ4v) is 3.11. The number of nitrogens with two attached hydrogens (primary N) is 1. The lowest BCUT2D eigenvalue weighted by Crippen LogP contribution is -2.01. The molecule has 1 aliphatic rings. The van der Waals surface area contributed by atoms with Gasteiger partial charge in [-0.25, -0.2) is 0 Å². The first-order chi connectivity index (χ1) is 12.7. The van der Waals surface area contributed by atoms with E-state index in [9.17, 15) is 0 Å². The molecular weight excluding hydrogens is 328 g/mol. The van der Waals surface area contributed by atoms with Crippen LogP contribution >= 0.6 is 0 Å². The van der Waals surface area contributed by atoms with E-state index in [1.54, 1.807) is 6.20 Å². The fraction of sp³-hybridized carbons (Fsp3) is 0.200. The third-order valence-corrected chi connectivity index (χ3v) is 4.32. The van der Waals surface area contributed by atoms with Crippen LogP contribution in [0.4, 0.5) is 5.82 Å². The Labute approximate surface area is 151 Å². The highest BCUT2D eigenvalue weighted by Gasteiger charge is 2.15. The summed E-state index contributed by atoms with van der Waals surface area (Å²) >= 11 is 0. The molecule has 6 heteroatoms. The maximum absolute atomic E-state index is 6.00. The van der Waals surface area contributed by atoms with E-state index >= 15 is 0 Å². The van der Waals surface area contributed by atoms with Crippen LogP contribution in [0.25, 0.3) is 16.5 Å². The van der Waals surface area contributed by atoms with Crippen LogP contribution in [0.5, 0.6) is 11.5 Å². The average Bonchev–Trinajstić information content (AvgIpc) is 3.04. The lowest BCUT2D eigenvalue weighted by atomic mass is 9.95. The second kappa shape index (κ2) is 6.92. The number of aromatic nitrogens is 3. The van der Waals surface area contributed by atoms with Crippen molar-refractivity contribution in [2.75, 3.05) is 12.3 Å². The molecule has 3 aromatic rings. The Balaban J connectivity index is 1.57. The molecule has 0 bridgehead atoms. The van der Waals surface area contributed by atoms with Gasteiger partial charge in [0.1, 0.15) is 17.3 Å². The zero-order chi connectivity index (χ0) is 17.9. The number of H-pyrrole nitrogens is 1.